The van der Waals surface area contributed by atoms with Gasteiger partial charge in [0.15, 0.2) is 22.2 Å². The highest BCUT2D eigenvalue weighted by molar-refractivity contribution is 7.99. The first-order chi connectivity index (χ1) is 12.2. The van der Waals surface area contributed by atoms with Crippen LogP contribution in [0.15, 0.2) is 58.3 Å². The van der Waals surface area contributed by atoms with Gasteiger partial charge in [-0.25, -0.2) is 13.2 Å². The molecule has 0 heterocycles. The van der Waals surface area contributed by atoms with Gasteiger partial charge >= 0.3 is 5.97 Å². The van der Waals surface area contributed by atoms with E-state index in [9.17, 15) is 26.8 Å². The predicted molar refractivity (Wildman–Crippen MR) is 92.5 cm³/mol. The fraction of sp³-hybridized carbons (Fsp3) is 0.176. The van der Waals surface area contributed by atoms with Gasteiger partial charge in [0.25, 0.3) is 5.76 Å². The summed E-state index contributed by atoms with van der Waals surface area (Å²) in [5, 5.41) is 0. The summed E-state index contributed by atoms with van der Waals surface area (Å²) in [4.78, 5) is 24.2. The fourth-order valence-electron chi connectivity index (χ4n) is 2.01. The molecule has 2 aromatic rings. The molecule has 2 aromatic carbocycles. The molecule has 26 heavy (non-hydrogen) atoms. The van der Waals surface area contributed by atoms with Gasteiger partial charge in [0.2, 0.25) is 0 Å². The zero-order valence-electron chi connectivity index (χ0n) is 13.5. The van der Waals surface area contributed by atoms with Crippen molar-refractivity contribution in [3.63, 3.8) is 0 Å². The number of hydrogen-bond donors (Lipinski definition) is 0. The van der Waals surface area contributed by atoms with Crippen molar-refractivity contribution in [2.24, 2.45) is 0 Å². The second-order valence-corrected chi connectivity index (χ2v) is 8.22. The van der Waals surface area contributed by atoms with E-state index in [4.69, 9.17) is 4.74 Å². The summed E-state index contributed by atoms with van der Waals surface area (Å²) in [6.07, 6.45) is 1.04. The summed E-state index contributed by atoms with van der Waals surface area (Å²) >= 11 is 0.212. The summed E-state index contributed by atoms with van der Waals surface area (Å²) in [7, 11) is -3.38. The highest BCUT2D eigenvalue weighted by atomic mass is 32.2. The molecule has 0 radical (unpaired) electrons. The summed E-state index contributed by atoms with van der Waals surface area (Å²) in [6.45, 7) is -0.593. The van der Waals surface area contributed by atoms with E-state index in [0.29, 0.717) is 0 Å². The van der Waals surface area contributed by atoms with E-state index >= 15 is 0 Å². The predicted octanol–water partition coefficient (Wildman–Crippen LogP) is 3.44. The van der Waals surface area contributed by atoms with Crippen LogP contribution in [0.5, 0.6) is 0 Å². The Morgan fingerprint density at radius 2 is 1.69 bits per heavy atom. The van der Waals surface area contributed by atoms with Crippen molar-refractivity contribution in [2.45, 2.75) is 15.5 Å². The van der Waals surface area contributed by atoms with Crippen LogP contribution in [0.2, 0.25) is 0 Å². The van der Waals surface area contributed by atoms with Crippen LogP contribution in [0.4, 0.5) is 8.78 Å². The zero-order valence-corrected chi connectivity index (χ0v) is 15.1. The van der Waals surface area contributed by atoms with Crippen molar-refractivity contribution >= 4 is 33.4 Å². The lowest BCUT2D eigenvalue weighted by Crippen LogP contribution is -2.15. The van der Waals surface area contributed by atoms with E-state index in [2.05, 4.69) is 0 Å². The number of hydrogen-bond acceptors (Lipinski definition) is 6. The number of benzene rings is 2. The first-order valence-electron chi connectivity index (χ1n) is 7.23. The summed E-state index contributed by atoms with van der Waals surface area (Å²) in [5.41, 5.74) is 0.110. The van der Waals surface area contributed by atoms with Gasteiger partial charge in [-0.05, 0) is 36.4 Å². The molecule has 0 atom stereocenters. The smallest absolute Gasteiger partial charge is 0.339 e. The lowest BCUT2D eigenvalue weighted by Gasteiger charge is -2.09. The number of ketones is 1. The number of ether oxygens (including phenoxy) is 1. The van der Waals surface area contributed by atoms with Gasteiger partial charge in [0, 0.05) is 16.7 Å². The second-order valence-electron chi connectivity index (χ2n) is 5.17. The molecule has 0 aromatic heterocycles. The molecule has 5 nitrogen and oxygen atoms in total. The molecule has 0 aliphatic carbocycles. The van der Waals surface area contributed by atoms with E-state index in [-0.39, 0.29) is 32.7 Å². The number of carbonyl (C=O) groups excluding carboxylic acids is 2. The molecule has 138 valence electrons. The average Bonchev–Trinajstić information content (AvgIpc) is 2.58. The van der Waals surface area contributed by atoms with Gasteiger partial charge < -0.3 is 4.74 Å². The molecule has 0 spiro atoms. The molecular formula is C17H14F2O5S2. The number of sulfone groups is 1. The van der Waals surface area contributed by atoms with Crippen molar-refractivity contribution in [2.75, 3.05) is 12.9 Å². The number of Topliss-reactive ketones (excluding diaryl/α,β-unsaturated/α-hetero) is 1. The van der Waals surface area contributed by atoms with Crippen LogP contribution in [-0.4, -0.2) is 38.8 Å². The van der Waals surface area contributed by atoms with Crippen LogP contribution in [0.25, 0.3) is 0 Å². The van der Waals surface area contributed by atoms with Crippen LogP contribution in [0, 0.1) is 0 Å². The Morgan fingerprint density at radius 3 is 2.27 bits per heavy atom. The molecule has 0 aliphatic heterocycles. The van der Waals surface area contributed by atoms with E-state index in [1.807, 2.05) is 0 Å². The fourth-order valence-corrected chi connectivity index (χ4v) is 3.27. The van der Waals surface area contributed by atoms with Gasteiger partial charge in [0.1, 0.15) is 0 Å². The third-order valence-corrected chi connectivity index (χ3v) is 5.18. The molecule has 0 unspecified atom stereocenters. The molecule has 2 rings (SSSR count). The average molecular weight is 400 g/mol. The number of rotatable bonds is 7. The quantitative estimate of drug-likeness (QED) is 0.403. The molecule has 0 N–H and O–H groups in total. The van der Waals surface area contributed by atoms with Crippen LogP contribution in [0.1, 0.15) is 20.7 Å². The topological polar surface area (TPSA) is 77.5 Å². The zero-order chi connectivity index (χ0) is 19.3. The van der Waals surface area contributed by atoms with E-state index in [1.165, 1.54) is 48.5 Å². The summed E-state index contributed by atoms with van der Waals surface area (Å²) < 4.78 is 52.7. The molecule has 0 aliphatic rings. The molecule has 9 heteroatoms. The number of alkyl halides is 2. The maximum absolute atomic E-state index is 12.5. The molecular weight excluding hydrogens is 386 g/mol. The highest BCUT2D eigenvalue weighted by Gasteiger charge is 2.18. The minimum atomic E-state index is -3.38. The monoisotopic (exact) mass is 400 g/mol. The first-order valence-corrected chi connectivity index (χ1v) is 10.00. The molecule has 0 saturated carbocycles. The van der Waals surface area contributed by atoms with Crippen LogP contribution >= 0.6 is 11.8 Å². The molecule has 0 fully saturated rings. The van der Waals surface area contributed by atoms with Gasteiger partial charge in [-0.15, -0.1) is 0 Å². The van der Waals surface area contributed by atoms with Gasteiger partial charge in [-0.1, -0.05) is 23.9 Å². The summed E-state index contributed by atoms with van der Waals surface area (Å²) in [6, 6.07) is 10.9. The van der Waals surface area contributed by atoms with Crippen molar-refractivity contribution in [3.8, 4) is 0 Å². The van der Waals surface area contributed by atoms with E-state index < -0.39 is 34.0 Å². The first kappa shape index (κ1) is 20.1. The van der Waals surface area contributed by atoms with Crippen LogP contribution in [0.3, 0.4) is 0 Å². The van der Waals surface area contributed by atoms with Crippen LogP contribution in [-0.2, 0) is 14.6 Å². The summed E-state index contributed by atoms with van der Waals surface area (Å²) in [5.74, 6) is -4.13. The van der Waals surface area contributed by atoms with E-state index in [0.717, 1.165) is 6.26 Å². The van der Waals surface area contributed by atoms with Crippen molar-refractivity contribution in [3.05, 3.63) is 59.7 Å². The lowest BCUT2D eigenvalue weighted by molar-refractivity contribution is 0.0471. The molecule has 0 saturated heterocycles. The van der Waals surface area contributed by atoms with E-state index in [1.54, 1.807) is 0 Å². The SMILES string of the molecule is CS(=O)(=O)c1ccc(C(=O)COC(=O)c2ccccc2SC(F)F)cc1. The minimum Gasteiger partial charge on any atom is -0.454 e. The molecule has 0 bridgehead atoms. The van der Waals surface area contributed by atoms with Crippen molar-refractivity contribution in [1.82, 2.24) is 0 Å². The Kier molecular flexibility index (Phi) is 6.49. The second kappa shape index (κ2) is 8.41. The van der Waals surface area contributed by atoms with Crippen LogP contribution < -0.4 is 0 Å². The van der Waals surface area contributed by atoms with Crippen molar-refractivity contribution < 1.29 is 31.5 Å². The Labute approximate surface area is 153 Å². The largest absolute Gasteiger partial charge is 0.454 e. The highest BCUT2D eigenvalue weighted by Crippen LogP contribution is 2.28. The number of esters is 1. The number of halogens is 2. The van der Waals surface area contributed by atoms with Crippen molar-refractivity contribution in [1.29, 1.82) is 0 Å². The Balaban J connectivity index is 2.04. The van der Waals surface area contributed by atoms with Gasteiger partial charge in [-0.2, -0.15) is 8.78 Å². The standard InChI is InChI=1S/C17H14F2O5S2/c1-26(22,23)12-8-6-11(7-9-12)14(20)10-24-16(21)13-4-2-3-5-15(13)25-17(18)19/h2-9,17H,10H2,1H3. The third-order valence-electron chi connectivity index (χ3n) is 3.26. The Bertz CT molecular complexity index is 909. The lowest BCUT2D eigenvalue weighted by atomic mass is 10.1. The van der Waals surface area contributed by atoms with Gasteiger partial charge in [-0.3, -0.25) is 4.79 Å². The molecule has 0 amide bonds. The maximum atomic E-state index is 12.5. The Hall–Kier alpha value is -2.26. The minimum absolute atomic E-state index is 0.0532. The third kappa shape index (κ3) is 5.37. The number of thioether (sulfide) groups is 1. The number of carbonyl (C=O) groups is 2. The normalized spacial score (nSPS) is 11.4. The maximum Gasteiger partial charge on any atom is 0.339 e. The Morgan fingerprint density at radius 1 is 1.08 bits per heavy atom. The van der Waals surface area contributed by atoms with Gasteiger partial charge in [0.05, 0.1) is 10.5 Å².